The largest absolute Gasteiger partial charge is 0.444 e. The highest BCUT2D eigenvalue weighted by Crippen LogP contribution is 2.43. The van der Waals surface area contributed by atoms with Crippen molar-refractivity contribution >= 4 is 12.0 Å². The van der Waals surface area contributed by atoms with Crippen molar-refractivity contribution in [2.75, 3.05) is 13.1 Å². The Labute approximate surface area is 121 Å². The fourth-order valence-electron chi connectivity index (χ4n) is 3.62. The van der Waals surface area contributed by atoms with Crippen molar-refractivity contribution in [3.63, 3.8) is 0 Å². The third kappa shape index (κ3) is 2.50. The van der Waals surface area contributed by atoms with Crippen molar-refractivity contribution in [1.29, 1.82) is 0 Å². The van der Waals surface area contributed by atoms with Crippen molar-refractivity contribution < 1.29 is 14.3 Å². The maximum Gasteiger partial charge on any atom is 0.410 e. The Hall–Kier alpha value is -1.26. The molecule has 2 saturated heterocycles. The molecule has 2 unspecified atom stereocenters. The van der Waals surface area contributed by atoms with Crippen LogP contribution in [0.15, 0.2) is 0 Å². The van der Waals surface area contributed by atoms with Gasteiger partial charge < -0.3 is 14.5 Å². The minimum atomic E-state index is -0.495. The first-order valence-electron chi connectivity index (χ1n) is 7.32. The fourth-order valence-corrected chi connectivity index (χ4v) is 3.62. The lowest BCUT2D eigenvalue weighted by Gasteiger charge is -2.39. The van der Waals surface area contributed by atoms with E-state index in [-0.39, 0.29) is 23.6 Å². The predicted molar refractivity (Wildman–Crippen MR) is 76.3 cm³/mol. The molecule has 2 atom stereocenters. The number of fused-ring (bicyclic) bond motifs is 1. The molecule has 2 amide bonds. The summed E-state index contributed by atoms with van der Waals surface area (Å²) in [5.41, 5.74) is -0.875. The van der Waals surface area contributed by atoms with E-state index in [0.717, 1.165) is 13.0 Å². The van der Waals surface area contributed by atoms with Crippen LogP contribution in [0.25, 0.3) is 0 Å². The number of carbonyl (C=O) groups excluding carboxylic acids is 2. The number of hydrogen-bond acceptors (Lipinski definition) is 3. The van der Waals surface area contributed by atoms with Crippen molar-refractivity contribution in [2.24, 2.45) is 5.92 Å². The molecule has 2 heterocycles. The summed E-state index contributed by atoms with van der Waals surface area (Å²) < 4.78 is 5.50. The number of ether oxygens (including phenoxy) is 1. The average Bonchev–Trinajstić information content (AvgIpc) is 2.75. The van der Waals surface area contributed by atoms with E-state index < -0.39 is 5.60 Å². The van der Waals surface area contributed by atoms with Crippen LogP contribution in [-0.2, 0) is 9.53 Å². The van der Waals surface area contributed by atoms with Gasteiger partial charge in [-0.15, -0.1) is 0 Å². The summed E-state index contributed by atoms with van der Waals surface area (Å²) in [4.78, 5) is 27.9. The zero-order valence-electron chi connectivity index (χ0n) is 13.4. The van der Waals surface area contributed by atoms with E-state index in [2.05, 4.69) is 0 Å². The van der Waals surface area contributed by atoms with Gasteiger partial charge in [-0.3, -0.25) is 4.79 Å². The highest BCUT2D eigenvalue weighted by Gasteiger charge is 2.56. The molecule has 2 fully saturated rings. The Morgan fingerprint density at radius 1 is 1.25 bits per heavy atom. The van der Waals surface area contributed by atoms with Gasteiger partial charge in [0.15, 0.2) is 0 Å². The number of carbonyl (C=O) groups is 2. The Bertz CT molecular complexity index is 425. The summed E-state index contributed by atoms with van der Waals surface area (Å²) in [6, 6.07) is 0.104. The van der Waals surface area contributed by atoms with E-state index in [4.69, 9.17) is 4.74 Å². The van der Waals surface area contributed by atoms with Gasteiger partial charge in [0.2, 0.25) is 5.91 Å². The number of likely N-dealkylation sites (tertiary alicyclic amines) is 2. The molecule has 114 valence electrons. The van der Waals surface area contributed by atoms with Gasteiger partial charge in [-0.1, -0.05) is 0 Å². The highest BCUT2D eigenvalue weighted by atomic mass is 16.6. The van der Waals surface area contributed by atoms with Crippen LogP contribution in [0.4, 0.5) is 4.79 Å². The predicted octanol–water partition coefficient (Wildman–Crippen LogP) is 2.25. The average molecular weight is 282 g/mol. The maximum atomic E-state index is 12.4. The molecular formula is C15H26N2O3. The molecule has 0 radical (unpaired) electrons. The zero-order chi connectivity index (χ0) is 15.3. The van der Waals surface area contributed by atoms with Gasteiger partial charge in [-0.2, -0.15) is 0 Å². The third-order valence-electron chi connectivity index (χ3n) is 4.38. The Morgan fingerprint density at radius 2 is 1.85 bits per heavy atom. The van der Waals surface area contributed by atoms with Gasteiger partial charge >= 0.3 is 6.09 Å². The Balaban J connectivity index is 2.19. The molecule has 0 saturated carbocycles. The number of hydrogen-bond donors (Lipinski definition) is 0. The van der Waals surface area contributed by atoms with Crippen LogP contribution in [-0.4, -0.2) is 52.1 Å². The quantitative estimate of drug-likeness (QED) is 0.684. The molecule has 0 spiro atoms. The SMILES string of the molecule is CC(=O)N1CCC2CN(C(=O)OC(C)(C)C)C(C)(C)C21. The van der Waals surface area contributed by atoms with Gasteiger partial charge in [-0.05, 0) is 41.0 Å². The molecule has 5 heteroatoms. The minimum absolute atomic E-state index is 0.0941. The summed E-state index contributed by atoms with van der Waals surface area (Å²) in [7, 11) is 0. The van der Waals surface area contributed by atoms with Crippen molar-refractivity contribution in [2.45, 2.75) is 65.1 Å². The van der Waals surface area contributed by atoms with E-state index >= 15 is 0 Å². The summed E-state index contributed by atoms with van der Waals surface area (Å²) >= 11 is 0. The van der Waals surface area contributed by atoms with Crippen LogP contribution in [0.1, 0.15) is 48.0 Å². The van der Waals surface area contributed by atoms with E-state index in [9.17, 15) is 9.59 Å². The van der Waals surface area contributed by atoms with Gasteiger partial charge in [0.25, 0.3) is 0 Å². The van der Waals surface area contributed by atoms with Crippen LogP contribution >= 0.6 is 0 Å². The van der Waals surface area contributed by atoms with Gasteiger partial charge in [-0.25, -0.2) is 4.79 Å². The lowest BCUT2D eigenvalue weighted by molar-refractivity contribution is -0.131. The second kappa shape index (κ2) is 4.64. The molecule has 5 nitrogen and oxygen atoms in total. The van der Waals surface area contributed by atoms with Gasteiger partial charge in [0, 0.05) is 25.9 Å². The summed E-state index contributed by atoms with van der Waals surface area (Å²) in [6.45, 7) is 12.8. The maximum absolute atomic E-state index is 12.4. The molecule has 20 heavy (non-hydrogen) atoms. The molecule has 0 aromatic heterocycles. The molecule has 0 N–H and O–H groups in total. The molecule has 0 aromatic carbocycles. The Morgan fingerprint density at radius 3 is 2.35 bits per heavy atom. The molecule has 0 aliphatic carbocycles. The molecule has 2 aliphatic heterocycles. The van der Waals surface area contributed by atoms with E-state index in [1.54, 1.807) is 11.8 Å². The first-order chi connectivity index (χ1) is 9.04. The van der Waals surface area contributed by atoms with Gasteiger partial charge in [0.05, 0.1) is 11.6 Å². The number of nitrogens with zero attached hydrogens (tertiary/aromatic N) is 2. The Kier molecular flexibility index (Phi) is 3.51. The summed E-state index contributed by atoms with van der Waals surface area (Å²) in [5, 5.41) is 0. The number of amides is 2. The second-order valence-electron chi connectivity index (χ2n) is 7.45. The van der Waals surface area contributed by atoms with Crippen LogP contribution in [0.3, 0.4) is 0 Å². The van der Waals surface area contributed by atoms with E-state index in [1.165, 1.54) is 0 Å². The lowest BCUT2D eigenvalue weighted by atomic mass is 9.90. The molecular weight excluding hydrogens is 256 g/mol. The first-order valence-corrected chi connectivity index (χ1v) is 7.32. The second-order valence-corrected chi connectivity index (χ2v) is 7.45. The van der Waals surface area contributed by atoms with E-state index in [0.29, 0.717) is 12.5 Å². The standard InChI is InChI=1S/C15H26N2O3/c1-10(18)16-8-7-11-9-17(15(5,6)12(11)16)13(19)20-14(2,3)4/h11-12H,7-9H2,1-6H3. The number of rotatable bonds is 0. The van der Waals surface area contributed by atoms with Crippen LogP contribution in [0.5, 0.6) is 0 Å². The zero-order valence-corrected chi connectivity index (χ0v) is 13.4. The van der Waals surface area contributed by atoms with Crippen molar-refractivity contribution in [1.82, 2.24) is 9.80 Å². The normalized spacial score (nSPS) is 28.5. The smallest absolute Gasteiger partial charge is 0.410 e. The molecule has 2 rings (SSSR count). The summed E-state index contributed by atoms with van der Waals surface area (Å²) in [5.74, 6) is 0.457. The molecule has 0 aromatic rings. The minimum Gasteiger partial charge on any atom is -0.444 e. The summed E-state index contributed by atoms with van der Waals surface area (Å²) in [6.07, 6.45) is 0.688. The van der Waals surface area contributed by atoms with Crippen LogP contribution < -0.4 is 0 Å². The van der Waals surface area contributed by atoms with Crippen molar-refractivity contribution in [3.05, 3.63) is 0 Å². The monoisotopic (exact) mass is 282 g/mol. The third-order valence-corrected chi connectivity index (χ3v) is 4.38. The van der Waals surface area contributed by atoms with Crippen molar-refractivity contribution in [3.8, 4) is 0 Å². The van der Waals surface area contributed by atoms with Crippen LogP contribution in [0, 0.1) is 5.92 Å². The first kappa shape index (κ1) is 15.1. The molecule has 2 aliphatic rings. The molecule has 0 bridgehead atoms. The van der Waals surface area contributed by atoms with Crippen LogP contribution in [0.2, 0.25) is 0 Å². The van der Waals surface area contributed by atoms with E-state index in [1.807, 2.05) is 39.5 Å². The van der Waals surface area contributed by atoms with Gasteiger partial charge in [0.1, 0.15) is 5.60 Å². The lowest BCUT2D eigenvalue weighted by Crippen LogP contribution is -2.55. The topological polar surface area (TPSA) is 49.9 Å². The fraction of sp³-hybridized carbons (Fsp3) is 0.867. The highest BCUT2D eigenvalue weighted by molar-refractivity contribution is 5.75.